The lowest BCUT2D eigenvalue weighted by Crippen LogP contribution is -2.26. The summed E-state index contributed by atoms with van der Waals surface area (Å²) in [6.45, 7) is 5.51. The van der Waals surface area contributed by atoms with Gasteiger partial charge >= 0.3 is 0 Å². The number of hydrogen-bond acceptors (Lipinski definition) is 3. The first kappa shape index (κ1) is 21.8. The average Bonchev–Trinajstić information content (AvgIpc) is 3.33. The highest BCUT2D eigenvalue weighted by atomic mass is 35.5. The minimum Gasteiger partial charge on any atom is -0.337 e. The molecular formula is C25H26ClN5O. The second-order valence-electron chi connectivity index (χ2n) is 8.09. The van der Waals surface area contributed by atoms with Crippen molar-refractivity contribution < 1.29 is 4.79 Å². The van der Waals surface area contributed by atoms with Crippen LogP contribution in [0.2, 0.25) is 5.15 Å². The van der Waals surface area contributed by atoms with Gasteiger partial charge in [0.15, 0.2) is 0 Å². The minimum absolute atomic E-state index is 0.154. The van der Waals surface area contributed by atoms with Crippen LogP contribution in [0.4, 0.5) is 0 Å². The Labute approximate surface area is 193 Å². The molecule has 7 heteroatoms. The number of carbonyl (C=O) groups excluding carboxylic acids is 1. The first-order valence-electron chi connectivity index (χ1n) is 10.5. The number of benzene rings is 2. The second-order valence-corrected chi connectivity index (χ2v) is 8.45. The van der Waals surface area contributed by atoms with Gasteiger partial charge in [0.25, 0.3) is 5.91 Å². The van der Waals surface area contributed by atoms with Crippen molar-refractivity contribution in [3.05, 3.63) is 106 Å². The Bertz CT molecular complexity index is 1210. The van der Waals surface area contributed by atoms with Crippen LogP contribution in [-0.4, -0.2) is 37.4 Å². The van der Waals surface area contributed by atoms with Crippen LogP contribution in [-0.2, 0) is 19.6 Å². The zero-order valence-corrected chi connectivity index (χ0v) is 19.3. The average molecular weight is 448 g/mol. The van der Waals surface area contributed by atoms with E-state index < -0.39 is 0 Å². The molecule has 0 aliphatic heterocycles. The van der Waals surface area contributed by atoms with Crippen LogP contribution >= 0.6 is 11.6 Å². The molecule has 4 aromatic rings. The molecule has 0 atom stereocenters. The maximum atomic E-state index is 13.2. The van der Waals surface area contributed by atoms with E-state index in [2.05, 4.69) is 34.5 Å². The molecule has 32 heavy (non-hydrogen) atoms. The minimum atomic E-state index is -0.154. The zero-order chi connectivity index (χ0) is 22.7. The summed E-state index contributed by atoms with van der Waals surface area (Å²) in [5.41, 5.74) is 5.48. The second kappa shape index (κ2) is 9.40. The van der Waals surface area contributed by atoms with Gasteiger partial charge in [-0.25, -0.2) is 4.68 Å². The molecule has 2 aromatic carbocycles. The molecule has 0 radical (unpaired) electrons. The number of aromatic nitrogens is 4. The molecule has 0 saturated heterocycles. The highest BCUT2D eigenvalue weighted by Crippen LogP contribution is 2.23. The van der Waals surface area contributed by atoms with Crippen LogP contribution in [0.3, 0.4) is 0 Å². The summed E-state index contributed by atoms with van der Waals surface area (Å²) >= 11 is 6.58. The highest BCUT2D eigenvalue weighted by Gasteiger charge is 2.23. The van der Waals surface area contributed by atoms with E-state index in [0.29, 0.717) is 36.0 Å². The lowest BCUT2D eigenvalue weighted by atomic mass is 10.1. The van der Waals surface area contributed by atoms with Gasteiger partial charge in [0.05, 0.1) is 30.5 Å². The fraction of sp³-hybridized carbons (Fsp3) is 0.240. The lowest BCUT2D eigenvalue weighted by Gasteiger charge is -2.16. The number of amides is 1. The predicted molar refractivity (Wildman–Crippen MR) is 126 cm³/mol. The van der Waals surface area contributed by atoms with E-state index in [-0.39, 0.29) is 5.91 Å². The maximum Gasteiger partial charge on any atom is 0.258 e. The van der Waals surface area contributed by atoms with Crippen molar-refractivity contribution in [1.29, 1.82) is 0 Å². The summed E-state index contributed by atoms with van der Waals surface area (Å²) in [7, 11) is 1.77. The number of carbonyl (C=O) groups is 1. The van der Waals surface area contributed by atoms with Crippen molar-refractivity contribution in [3.8, 4) is 0 Å². The van der Waals surface area contributed by atoms with Gasteiger partial charge in [0.2, 0.25) is 0 Å². The monoisotopic (exact) mass is 447 g/mol. The molecule has 0 N–H and O–H groups in total. The van der Waals surface area contributed by atoms with Crippen LogP contribution < -0.4 is 0 Å². The van der Waals surface area contributed by atoms with Crippen molar-refractivity contribution in [2.45, 2.75) is 33.5 Å². The molecule has 6 nitrogen and oxygen atoms in total. The third-order valence-corrected chi connectivity index (χ3v) is 5.76. The largest absolute Gasteiger partial charge is 0.337 e. The summed E-state index contributed by atoms with van der Waals surface area (Å²) < 4.78 is 3.56. The van der Waals surface area contributed by atoms with E-state index in [1.54, 1.807) is 22.8 Å². The first-order chi connectivity index (χ1) is 15.4. The fourth-order valence-electron chi connectivity index (χ4n) is 3.65. The van der Waals surface area contributed by atoms with Crippen LogP contribution in [0.25, 0.3) is 0 Å². The summed E-state index contributed by atoms with van der Waals surface area (Å²) in [6.07, 6.45) is 3.76. The summed E-state index contributed by atoms with van der Waals surface area (Å²) in [5, 5.41) is 9.30. The molecule has 0 fully saturated rings. The topological polar surface area (TPSA) is 56.0 Å². The summed E-state index contributed by atoms with van der Waals surface area (Å²) in [6, 6.07) is 18.3. The smallest absolute Gasteiger partial charge is 0.258 e. The molecule has 1 amide bonds. The molecule has 0 bridgehead atoms. The van der Waals surface area contributed by atoms with Crippen LogP contribution in [0.5, 0.6) is 0 Å². The van der Waals surface area contributed by atoms with Gasteiger partial charge in [-0.3, -0.25) is 9.48 Å². The van der Waals surface area contributed by atoms with Crippen LogP contribution in [0.1, 0.15) is 38.3 Å². The Balaban J connectivity index is 1.45. The number of halogens is 1. The van der Waals surface area contributed by atoms with Gasteiger partial charge in [-0.1, -0.05) is 71.8 Å². The van der Waals surface area contributed by atoms with Gasteiger partial charge in [0.1, 0.15) is 5.15 Å². The summed E-state index contributed by atoms with van der Waals surface area (Å²) in [4.78, 5) is 14.8. The molecular weight excluding hydrogens is 422 g/mol. The van der Waals surface area contributed by atoms with Crippen molar-refractivity contribution in [2.24, 2.45) is 0 Å². The first-order valence-corrected chi connectivity index (χ1v) is 10.9. The van der Waals surface area contributed by atoms with Crippen molar-refractivity contribution >= 4 is 17.5 Å². The zero-order valence-electron chi connectivity index (χ0n) is 18.5. The van der Waals surface area contributed by atoms with Crippen molar-refractivity contribution in [2.75, 3.05) is 7.05 Å². The van der Waals surface area contributed by atoms with Gasteiger partial charge < -0.3 is 4.90 Å². The van der Waals surface area contributed by atoms with E-state index in [1.165, 1.54) is 11.1 Å². The number of hydrogen-bond donors (Lipinski definition) is 0. The number of nitrogens with zero attached hydrogens (tertiary/aromatic N) is 5. The van der Waals surface area contributed by atoms with Crippen LogP contribution in [0, 0.1) is 13.8 Å². The molecule has 0 saturated carbocycles. The van der Waals surface area contributed by atoms with Gasteiger partial charge in [-0.2, -0.15) is 10.2 Å². The normalized spacial score (nSPS) is 11.0. The molecule has 2 heterocycles. The lowest BCUT2D eigenvalue weighted by molar-refractivity contribution is 0.0784. The Morgan fingerprint density at radius 1 is 0.969 bits per heavy atom. The number of rotatable bonds is 7. The standard InChI is InChI=1S/C25H26ClN5O/c1-18-9-11-21(12-10-18)17-31-24(26)23(19(2)28-31)25(32)29(3)14-22-13-27-30(16-22)15-20-7-5-4-6-8-20/h4-13,16H,14-15,17H2,1-3H3. The van der Waals surface area contributed by atoms with E-state index in [9.17, 15) is 4.79 Å². The molecule has 2 aromatic heterocycles. The molecule has 164 valence electrons. The molecule has 0 spiro atoms. The Morgan fingerprint density at radius 3 is 2.38 bits per heavy atom. The molecule has 0 aliphatic carbocycles. The third-order valence-electron chi connectivity index (χ3n) is 5.37. The van der Waals surface area contributed by atoms with Gasteiger partial charge in [0, 0.05) is 25.4 Å². The molecule has 0 aliphatic rings. The van der Waals surface area contributed by atoms with E-state index in [1.807, 2.05) is 55.1 Å². The quantitative estimate of drug-likeness (QED) is 0.412. The van der Waals surface area contributed by atoms with E-state index in [0.717, 1.165) is 11.1 Å². The predicted octanol–water partition coefficient (Wildman–Crippen LogP) is 4.72. The SMILES string of the molecule is Cc1ccc(Cn2nc(C)c(C(=O)N(C)Cc3cnn(Cc4ccccc4)c3)c2Cl)cc1. The van der Waals surface area contributed by atoms with E-state index in [4.69, 9.17) is 11.6 Å². The summed E-state index contributed by atoms with van der Waals surface area (Å²) in [5.74, 6) is -0.154. The highest BCUT2D eigenvalue weighted by molar-refractivity contribution is 6.33. The van der Waals surface area contributed by atoms with E-state index >= 15 is 0 Å². The third kappa shape index (κ3) is 4.92. The fourth-order valence-corrected chi connectivity index (χ4v) is 3.96. The van der Waals surface area contributed by atoms with Crippen LogP contribution in [0.15, 0.2) is 67.0 Å². The van der Waals surface area contributed by atoms with Crippen molar-refractivity contribution in [3.63, 3.8) is 0 Å². The Kier molecular flexibility index (Phi) is 6.42. The van der Waals surface area contributed by atoms with Gasteiger partial charge in [-0.15, -0.1) is 0 Å². The maximum absolute atomic E-state index is 13.2. The van der Waals surface area contributed by atoms with Crippen molar-refractivity contribution in [1.82, 2.24) is 24.5 Å². The Morgan fingerprint density at radius 2 is 1.66 bits per heavy atom. The molecule has 4 rings (SSSR count). The molecule has 0 unspecified atom stereocenters. The number of aryl methyl sites for hydroxylation is 2. The Hall–Kier alpha value is -3.38. The van der Waals surface area contributed by atoms with Gasteiger partial charge in [-0.05, 0) is 25.0 Å².